The summed E-state index contributed by atoms with van der Waals surface area (Å²) in [4.78, 5) is 8.50. The Bertz CT molecular complexity index is 580. The lowest BCUT2D eigenvalue weighted by atomic mass is 10.3. The highest BCUT2D eigenvalue weighted by atomic mass is 16.5. The van der Waals surface area contributed by atoms with Crippen molar-refractivity contribution in [3.8, 4) is 5.88 Å². The van der Waals surface area contributed by atoms with Crippen molar-refractivity contribution in [1.82, 2.24) is 14.5 Å². The van der Waals surface area contributed by atoms with E-state index in [-0.39, 0.29) is 6.04 Å². The van der Waals surface area contributed by atoms with Crippen molar-refractivity contribution >= 4 is 11.5 Å². The number of anilines is 2. The van der Waals surface area contributed by atoms with Crippen LogP contribution >= 0.6 is 0 Å². The van der Waals surface area contributed by atoms with E-state index in [1.54, 1.807) is 12.5 Å². The molecule has 1 fully saturated rings. The number of nitrogens with one attached hydrogen (secondary N) is 1. The minimum atomic E-state index is 0.228. The SMILES string of the molecule is CC(Cn1ccnc1)Nc1ccc(N)c(OCC2CC2)n1. The van der Waals surface area contributed by atoms with Crippen molar-refractivity contribution in [2.24, 2.45) is 5.92 Å². The van der Waals surface area contributed by atoms with Crippen LogP contribution in [0.1, 0.15) is 19.8 Å². The highest BCUT2D eigenvalue weighted by molar-refractivity contribution is 5.53. The fourth-order valence-corrected chi connectivity index (χ4v) is 2.14. The average molecular weight is 287 g/mol. The van der Waals surface area contributed by atoms with E-state index >= 15 is 0 Å². The molecule has 1 saturated carbocycles. The molecule has 0 radical (unpaired) electrons. The van der Waals surface area contributed by atoms with Crippen LogP contribution in [0.5, 0.6) is 5.88 Å². The molecule has 0 bridgehead atoms. The van der Waals surface area contributed by atoms with Crippen LogP contribution in [0.2, 0.25) is 0 Å². The number of imidazole rings is 1. The molecular formula is C15H21N5O. The first kappa shape index (κ1) is 13.7. The van der Waals surface area contributed by atoms with Gasteiger partial charge in [-0.2, -0.15) is 4.98 Å². The second kappa shape index (κ2) is 6.03. The lowest BCUT2D eigenvalue weighted by molar-refractivity contribution is 0.290. The van der Waals surface area contributed by atoms with Gasteiger partial charge in [0.15, 0.2) is 0 Å². The van der Waals surface area contributed by atoms with Crippen LogP contribution in [-0.2, 0) is 6.54 Å². The number of nitrogen functional groups attached to an aromatic ring is 1. The maximum absolute atomic E-state index is 5.91. The van der Waals surface area contributed by atoms with E-state index in [9.17, 15) is 0 Å². The van der Waals surface area contributed by atoms with Crippen molar-refractivity contribution in [2.75, 3.05) is 17.7 Å². The fraction of sp³-hybridized carbons (Fsp3) is 0.467. The smallest absolute Gasteiger partial charge is 0.239 e. The third-order valence-electron chi connectivity index (χ3n) is 3.48. The fourth-order valence-electron chi connectivity index (χ4n) is 2.14. The standard InChI is InChI=1S/C15H21N5O/c1-11(8-20-7-6-17-10-20)18-14-5-4-13(16)15(19-14)21-9-12-2-3-12/h4-7,10-12H,2-3,8-9,16H2,1H3,(H,18,19). The van der Waals surface area contributed by atoms with Crippen LogP contribution in [-0.4, -0.2) is 27.2 Å². The highest BCUT2D eigenvalue weighted by Crippen LogP contribution is 2.30. The molecule has 1 atom stereocenters. The number of hydrogen-bond donors (Lipinski definition) is 2. The third kappa shape index (κ3) is 3.87. The molecule has 0 saturated heterocycles. The van der Waals surface area contributed by atoms with E-state index in [0.717, 1.165) is 12.4 Å². The quantitative estimate of drug-likeness (QED) is 0.816. The van der Waals surface area contributed by atoms with Crippen LogP contribution in [0, 0.1) is 5.92 Å². The topological polar surface area (TPSA) is 78.0 Å². The first-order valence-electron chi connectivity index (χ1n) is 7.32. The molecule has 112 valence electrons. The van der Waals surface area contributed by atoms with Crippen molar-refractivity contribution in [3.63, 3.8) is 0 Å². The molecule has 1 aliphatic rings. The summed E-state index contributed by atoms with van der Waals surface area (Å²) in [5, 5.41) is 3.36. The predicted molar refractivity (Wildman–Crippen MR) is 82.2 cm³/mol. The molecule has 2 aromatic heterocycles. The summed E-state index contributed by atoms with van der Waals surface area (Å²) in [6.45, 7) is 3.64. The Hall–Kier alpha value is -2.24. The average Bonchev–Trinajstić information content (AvgIpc) is 3.16. The van der Waals surface area contributed by atoms with Gasteiger partial charge in [0, 0.05) is 25.0 Å². The maximum atomic E-state index is 5.91. The molecule has 2 heterocycles. The summed E-state index contributed by atoms with van der Waals surface area (Å²) >= 11 is 0. The van der Waals surface area contributed by atoms with E-state index < -0.39 is 0 Å². The largest absolute Gasteiger partial charge is 0.476 e. The Kier molecular flexibility index (Phi) is 3.94. The van der Waals surface area contributed by atoms with Gasteiger partial charge >= 0.3 is 0 Å². The Morgan fingerprint density at radius 3 is 3.05 bits per heavy atom. The van der Waals surface area contributed by atoms with Crippen LogP contribution in [0.4, 0.5) is 11.5 Å². The number of nitrogens with two attached hydrogens (primary N) is 1. The van der Waals surface area contributed by atoms with Gasteiger partial charge in [-0.1, -0.05) is 0 Å². The zero-order valence-corrected chi connectivity index (χ0v) is 12.2. The van der Waals surface area contributed by atoms with Crippen LogP contribution in [0.3, 0.4) is 0 Å². The van der Waals surface area contributed by atoms with Gasteiger partial charge in [0.25, 0.3) is 0 Å². The molecule has 6 nitrogen and oxygen atoms in total. The summed E-state index contributed by atoms with van der Waals surface area (Å²) in [7, 11) is 0. The number of hydrogen-bond acceptors (Lipinski definition) is 5. The molecule has 0 aromatic carbocycles. The second-order valence-corrected chi connectivity index (χ2v) is 5.65. The Morgan fingerprint density at radius 1 is 1.48 bits per heavy atom. The number of rotatable bonds is 7. The lowest BCUT2D eigenvalue weighted by Crippen LogP contribution is -2.22. The van der Waals surface area contributed by atoms with Crippen molar-refractivity contribution in [3.05, 3.63) is 30.9 Å². The van der Waals surface area contributed by atoms with E-state index in [0.29, 0.717) is 24.1 Å². The van der Waals surface area contributed by atoms with Gasteiger partial charge < -0.3 is 20.4 Å². The monoisotopic (exact) mass is 287 g/mol. The number of nitrogens with zero attached hydrogens (tertiary/aromatic N) is 3. The Morgan fingerprint density at radius 2 is 2.33 bits per heavy atom. The molecule has 6 heteroatoms. The zero-order chi connectivity index (χ0) is 14.7. The first-order valence-corrected chi connectivity index (χ1v) is 7.32. The van der Waals surface area contributed by atoms with Gasteiger partial charge in [-0.25, -0.2) is 4.98 Å². The van der Waals surface area contributed by atoms with E-state index in [4.69, 9.17) is 10.5 Å². The summed E-state index contributed by atoms with van der Waals surface area (Å²) in [6, 6.07) is 3.94. The number of ether oxygens (including phenoxy) is 1. The normalized spacial score (nSPS) is 15.7. The van der Waals surface area contributed by atoms with Gasteiger partial charge in [-0.15, -0.1) is 0 Å². The third-order valence-corrected chi connectivity index (χ3v) is 3.48. The molecular weight excluding hydrogens is 266 g/mol. The predicted octanol–water partition coefficient (Wildman–Crippen LogP) is 2.15. The minimum Gasteiger partial charge on any atom is -0.476 e. The van der Waals surface area contributed by atoms with Gasteiger partial charge in [-0.05, 0) is 37.8 Å². The number of aromatic nitrogens is 3. The van der Waals surface area contributed by atoms with Gasteiger partial charge in [0.05, 0.1) is 18.6 Å². The molecule has 1 aliphatic carbocycles. The lowest BCUT2D eigenvalue weighted by Gasteiger charge is -2.16. The molecule has 21 heavy (non-hydrogen) atoms. The van der Waals surface area contributed by atoms with Crippen molar-refractivity contribution in [1.29, 1.82) is 0 Å². The molecule has 0 spiro atoms. The summed E-state index contributed by atoms with van der Waals surface area (Å²) < 4.78 is 7.72. The molecule has 3 N–H and O–H groups in total. The summed E-state index contributed by atoms with van der Waals surface area (Å²) in [5.41, 5.74) is 6.50. The van der Waals surface area contributed by atoms with Gasteiger partial charge in [0.1, 0.15) is 5.82 Å². The van der Waals surface area contributed by atoms with Crippen LogP contribution in [0.25, 0.3) is 0 Å². The zero-order valence-electron chi connectivity index (χ0n) is 12.2. The molecule has 3 rings (SSSR count). The highest BCUT2D eigenvalue weighted by Gasteiger charge is 2.22. The second-order valence-electron chi connectivity index (χ2n) is 5.65. The summed E-state index contributed by atoms with van der Waals surface area (Å²) in [6.07, 6.45) is 8.02. The molecule has 1 unspecified atom stereocenters. The number of pyridine rings is 1. The summed E-state index contributed by atoms with van der Waals surface area (Å²) in [5.74, 6) is 1.99. The minimum absolute atomic E-state index is 0.228. The first-order chi connectivity index (χ1) is 10.2. The molecule has 0 amide bonds. The van der Waals surface area contributed by atoms with E-state index in [1.807, 2.05) is 22.9 Å². The molecule has 0 aliphatic heterocycles. The Balaban J connectivity index is 1.59. The Labute approximate surface area is 124 Å². The molecule has 2 aromatic rings. The van der Waals surface area contributed by atoms with Crippen molar-refractivity contribution < 1.29 is 4.74 Å². The van der Waals surface area contributed by atoms with Gasteiger partial charge in [-0.3, -0.25) is 0 Å². The van der Waals surface area contributed by atoms with E-state index in [2.05, 4.69) is 22.2 Å². The maximum Gasteiger partial charge on any atom is 0.239 e. The van der Waals surface area contributed by atoms with Crippen molar-refractivity contribution in [2.45, 2.75) is 32.4 Å². The van der Waals surface area contributed by atoms with Crippen LogP contribution in [0.15, 0.2) is 30.9 Å². The van der Waals surface area contributed by atoms with E-state index in [1.165, 1.54) is 12.8 Å². The van der Waals surface area contributed by atoms with Gasteiger partial charge in [0.2, 0.25) is 5.88 Å². The van der Waals surface area contributed by atoms with Crippen LogP contribution < -0.4 is 15.8 Å².